The summed E-state index contributed by atoms with van der Waals surface area (Å²) >= 11 is 9.77. The van der Waals surface area contributed by atoms with Crippen LogP contribution in [0.3, 0.4) is 0 Å². The van der Waals surface area contributed by atoms with Crippen molar-refractivity contribution in [2.24, 2.45) is 0 Å². The Morgan fingerprint density at radius 2 is 1.06 bits per heavy atom. The van der Waals surface area contributed by atoms with Crippen LogP contribution in [0, 0.1) is 0 Å². The van der Waals surface area contributed by atoms with Crippen molar-refractivity contribution in [2.75, 3.05) is 0 Å². The van der Waals surface area contributed by atoms with Crippen LogP contribution in [0.4, 0.5) is 0 Å². The topological polar surface area (TPSA) is 31.4 Å². The summed E-state index contributed by atoms with van der Waals surface area (Å²) in [6.45, 7) is 13.6. The predicted molar refractivity (Wildman–Crippen MR) is 162 cm³/mol. The average Bonchev–Trinajstić information content (AvgIpc) is 2.92. The first-order chi connectivity index (χ1) is 17.2. The summed E-state index contributed by atoms with van der Waals surface area (Å²) in [6.07, 6.45) is 10.8. The third kappa shape index (κ3) is 6.00. The number of aromatic nitrogens is 1. The Kier molecular flexibility index (Phi) is 10.0. The molecule has 1 aliphatic rings. The van der Waals surface area contributed by atoms with E-state index >= 15 is 0 Å². The maximum absolute atomic E-state index is 7.27. The quantitative estimate of drug-likeness (QED) is 0.137. The highest BCUT2D eigenvalue weighted by Crippen LogP contribution is 2.45. The van der Waals surface area contributed by atoms with E-state index in [0.717, 1.165) is 51.9 Å². The molecule has 1 aromatic heterocycles. The van der Waals surface area contributed by atoms with E-state index in [2.05, 4.69) is 111 Å². The first kappa shape index (κ1) is 29.5. The van der Waals surface area contributed by atoms with E-state index in [9.17, 15) is 0 Å². The van der Waals surface area contributed by atoms with E-state index in [1.807, 2.05) is 18.3 Å². The first-order valence-corrected chi connectivity index (χ1v) is 19.6. The van der Waals surface area contributed by atoms with E-state index in [0.29, 0.717) is 5.15 Å². The minimum absolute atomic E-state index is 0.486. The van der Waals surface area contributed by atoms with Crippen LogP contribution in [0.2, 0.25) is 41.4 Å². The van der Waals surface area contributed by atoms with Gasteiger partial charge in [-0.25, -0.2) is 4.98 Å². The average molecular weight is 607 g/mol. The minimum atomic E-state index is -1.98. The van der Waals surface area contributed by atoms with Gasteiger partial charge in [-0.05, 0) is 84.3 Å². The molecule has 0 atom stereocenters. The van der Waals surface area contributed by atoms with Crippen molar-refractivity contribution in [1.29, 1.82) is 0 Å². The second kappa shape index (κ2) is 12.2. The van der Waals surface area contributed by atoms with E-state index < -0.39 is 27.8 Å². The molecule has 196 valence electrons. The first-order valence-electron chi connectivity index (χ1n) is 13.4. The van der Waals surface area contributed by atoms with E-state index in [-0.39, 0.29) is 0 Å². The van der Waals surface area contributed by atoms with Crippen LogP contribution in [0.25, 0.3) is 0 Å². The molecule has 2 aromatic rings. The lowest BCUT2D eigenvalue weighted by molar-refractivity contribution is 0.121. The monoisotopic (exact) mass is 605 g/mol. The highest BCUT2D eigenvalue weighted by atomic mass is 79.9. The third-order valence-corrected chi connectivity index (χ3v) is 18.3. The van der Waals surface area contributed by atoms with Gasteiger partial charge in [0.15, 0.2) is 16.6 Å². The Labute approximate surface area is 233 Å². The van der Waals surface area contributed by atoms with Gasteiger partial charge >= 0.3 is 0 Å². The maximum atomic E-state index is 7.27. The summed E-state index contributed by atoms with van der Waals surface area (Å²) in [7, 11) is -3.93. The van der Waals surface area contributed by atoms with Crippen LogP contribution in [-0.4, -0.2) is 21.6 Å². The SMILES string of the molecule is CC[Si](CC)(CC)OC1(c2ccc(Br)cc2)C=CC(O[Si](CC)(CC)CC)(c2ccc(Cl)nc2)C=C1. The van der Waals surface area contributed by atoms with Gasteiger partial charge in [-0.1, -0.05) is 87.3 Å². The second-order valence-electron chi connectivity index (χ2n) is 9.82. The zero-order chi connectivity index (χ0) is 26.5. The van der Waals surface area contributed by atoms with Crippen LogP contribution in [0.5, 0.6) is 0 Å². The number of hydrogen-bond acceptors (Lipinski definition) is 3. The van der Waals surface area contributed by atoms with Gasteiger partial charge in [0.2, 0.25) is 0 Å². The molecule has 0 amide bonds. The Bertz CT molecular complexity index is 934. The molecule has 0 saturated heterocycles. The van der Waals surface area contributed by atoms with Crippen molar-refractivity contribution in [3.8, 4) is 0 Å². The van der Waals surface area contributed by atoms with Gasteiger partial charge in [0, 0.05) is 16.2 Å². The lowest BCUT2D eigenvalue weighted by Crippen LogP contribution is -2.48. The zero-order valence-electron chi connectivity index (χ0n) is 22.6. The molecule has 0 saturated carbocycles. The van der Waals surface area contributed by atoms with Gasteiger partial charge in [0.1, 0.15) is 16.4 Å². The fourth-order valence-corrected chi connectivity index (χ4v) is 11.4. The Morgan fingerprint density at radius 1 is 0.667 bits per heavy atom. The highest BCUT2D eigenvalue weighted by molar-refractivity contribution is 9.10. The van der Waals surface area contributed by atoms with Gasteiger partial charge in [-0.3, -0.25) is 0 Å². The molecule has 0 unspecified atom stereocenters. The molecule has 7 heteroatoms. The van der Waals surface area contributed by atoms with Crippen LogP contribution in [0.15, 0.2) is 71.4 Å². The summed E-state index contributed by atoms with van der Waals surface area (Å²) in [5.41, 5.74) is 0.818. The molecule has 36 heavy (non-hydrogen) atoms. The smallest absolute Gasteiger partial charge is 0.194 e. The summed E-state index contributed by atoms with van der Waals surface area (Å²) in [6, 6.07) is 18.9. The molecular weight excluding hydrogens is 566 g/mol. The van der Waals surface area contributed by atoms with Crippen molar-refractivity contribution in [3.63, 3.8) is 0 Å². The zero-order valence-corrected chi connectivity index (χ0v) is 27.0. The van der Waals surface area contributed by atoms with Crippen LogP contribution in [-0.2, 0) is 20.1 Å². The number of nitrogens with zero attached hydrogens (tertiary/aromatic N) is 1. The largest absolute Gasteiger partial charge is 0.401 e. The molecule has 0 aliphatic heterocycles. The van der Waals surface area contributed by atoms with Gasteiger partial charge < -0.3 is 8.85 Å². The fraction of sp³-hybridized carbons (Fsp3) is 0.483. The van der Waals surface area contributed by atoms with Gasteiger partial charge in [0.25, 0.3) is 0 Å². The molecule has 0 fully saturated rings. The standard InChI is InChI=1S/C29H41BrClNO2Si2/c1-7-35(8-2,9-3)33-28(24-13-16-26(30)17-14-24)19-21-29(22-20-28,25-15-18-27(31)32-23-25)34-36(10-4,11-5)12-6/h13-23H,7-12H2,1-6H3. The molecule has 3 rings (SSSR count). The molecular formula is C29H41BrClNO2Si2. The molecule has 1 aliphatic carbocycles. The Balaban J connectivity index is 2.18. The molecule has 0 N–H and O–H groups in total. The third-order valence-electron chi connectivity index (χ3n) is 8.27. The van der Waals surface area contributed by atoms with Crippen molar-refractivity contribution < 1.29 is 8.85 Å². The minimum Gasteiger partial charge on any atom is -0.401 e. The lowest BCUT2D eigenvalue weighted by atomic mass is 9.82. The number of halogens is 2. The summed E-state index contributed by atoms with van der Waals surface area (Å²) in [4.78, 5) is 4.41. The molecule has 0 spiro atoms. The fourth-order valence-electron chi connectivity index (χ4n) is 5.21. The van der Waals surface area contributed by atoms with E-state index in [1.54, 1.807) is 0 Å². The number of pyridine rings is 1. The van der Waals surface area contributed by atoms with Crippen LogP contribution < -0.4 is 0 Å². The van der Waals surface area contributed by atoms with Crippen LogP contribution in [0.1, 0.15) is 52.7 Å². The Hall–Kier alpha value is -1.03. The highest BCUT2D eigenvalue weighted by Gasteiger charge is 2.46. The van der Waals surface area contributed by atoms with E-state index in [1.165, 1.54) is 0 Å². The molecule has 0 radical (unpaired) electrons. The maximum Gasteiger partial charge on any atom is 0.194 e. The van der Waals surface area contributed by atoms with Gasteiger partial charge in [0.05, 0.1) is 0 Å². The van der Waals surface area contributed by atoms with E-state index in [4.69, 9.17) is 20.5 Å². The molecule has 3 nitrogen and oxygen atoms in total. The van der Waals surface area contributed by atoms with Crippen molar-refractivity contribution >= 4 is 44.2 Å². The van der Waals surface area contributed by atoms with Crippen molar-refractivity contribution in [2.45, 2.75) is 89.0 Å². The summed E-state index contributed by atoms with van der Waals surface area (Å²) in [5.74, 6) is 0. The van der Waals surface area contributed by atoms with Crippen molar-refractivity contribution in [3.05, 3.63) is 87.7 Å². The molecule has 1 aromatic carbocycles. The molecule has 1 heterocycles. The van der Waals surface area contributed by atoms with Gasteiger partial charge in [-0.2, -0.15) is 0 Å². The lowest BCUT2D eigenvalue weighted by Gasteiger charge is -2.45. The summed E-state index contributed by atoms with van der Waals surface area (Å²) < 4.78 is 15.6. The van der Waals surface area contributed by atoms with Crippen LogP contribution >= 0.6 is 27.5 Å². The predicted octanol–water partition coefficient (Wildman–Crippen LogP) is 9.76. The van der Waals surface area contributed by atoms with Gasteiger partial charge in [-0.15, -0.1) is 0 Å². The normalized spacial score (nSPS) is 22.2. The second-order valence-corrected chi connectivity index (χ2v) is 20.5. The number of rotatable bonds is 12. The number of hydrogen-bond donors (Lipinski definition) is 0. The summed E-state index contributed by atoms with van der Waals surface area (Å²) in [5, 5.41) is 0.486. The number of benzene rings is 1. The van der Waals surface area contributed by atoms with Crippen molar-refractivity contribution in [1.82, 2.24) is 4.98 Å². The Morgan fingerprint density at radius 3 is 1.42 bits per heavy atom. The molecule has 0 bridgehead atoms.